The largest absolute Gasteiger partial charge is 0.388 e. The maximum absolute atomic E-state index is 10.0. The molecule has 1 nitrogen and oxygen atoms in total. The van der Waals surface area contributed by atoms with Crippen LogP contribution >= 0.6 is 55.1 Å². The van der Waals surface area contributed by atoms with Crippen molar-refractivity contribution in [3.05, 3.63) is 72.6 Å². The molecule has 0 spiro atoms. The fourth-order valence-electron chi connectivity index (χ4n) is 2.44. The molecule has 0 heterocycles. The summed E-state index contributed by atoms with van der Waals surface area (Å²) in [6.07, 6.45) is 4.43. The van der Waals surface area contributed by atoms with E-state index in [1.54, 1.807) is 0 Å². The zero-order valence-electron chi connectivity index (χ0n) is 17.9. The number of rotatable bonds is 3. The molecule has 0 bridgehead atoms. The summed E-state index contributed by atoms with van der Waals surface area (Å²) in [5.74, 6) is 0. The highest BCUT2D eigenvalue weighted by Crippen LogP contribution is 2.33. The first kappa shape index (κ1) is 26.7. The molecule has 0 aliphatic rings. The highest BCUT2D eigenvalue weighted by molar-refractivity contribution is 9.10. The number of hydrogen-bond donors (Lipinski definition) is 1. The van der Waals surface area contributed by atoms with Gasteiger partial charge in [-0.2, -0.15) is 0 Å². The third-order valence-electron chi connectivity index (χ3n) is 3.85. The first-order chi connectivity index (χ1) is 13.2. The zero-order chi connectivity index (χ0) is 22.4. The van der Waals surface area contributed by atoms with Crippen molar-refractivity contribution in [2.24, 2.45) is 10.8 Å². The maximum atomic E-state index is 10.0. The summed E-state index contributed by atoms with van der Waals surface area (Å²) >= 11 is 18.9. The minimum Gasteiger partial charge on any atom is -0.388 e. The van der Waals surface area contributed by atoms with Crippen LogP contribution in [0.3, 0.4) is 0 Å². The molecular formula is C24H30Br2Cl2O. The van der Waals surface area contributed by atoms with Crippen molar-refractivity contribution in [2.45, 2.75) is 54.1 Å². The molecule has 5 heteroatoms. The molecule has 0 aliphatic heterocycles. The molecule has 29 heavy (non-hydrogen) atoms. The second-order valence-electron chi connectivity index (χ2n) is 9.31. The molecule has 2 rings (SSSR count). The molecule has 0 fully saturated rings. The molecule has 0 saturated carbocycles. The Morgan fingerprint density at radius 3 is 1.86 bits per heavy atom. The lowest BCUT2D eigenvalue weighted by Crippen LogP contribution is -2.11. The van der Waals surface area contributed by atoms with Gasteiger partial charge in [-0.15, -0.1) is 0 Å². The van der Waals surface area contributed by atoms with Crippen LogP contribution < -0.4 is 0 Å². The lowest BCUT2D eigenvalue weighted by Gasteiger charge is -2.23. The third kappa shape index (κ3) is 11.0. The first-order valence-electron chi connectivity index (χ1n) is 9.45. The smallest absolute Gasteiger partial charge is 0.0809 e. The van der Waals surface area contributed by atoms with Crippen LogP contribution in [0.2, 0.25) is 10.0 Å². The normalized spacial score (nSPS) is 13.2. The molecule has 1 atom stereocenters. The van der Waals surface area contributed by atoms with Crippen LogP contribution in [-0.4, -0.2) is 5.11 Å². The Bertz CT molecular complexity index is 834. The van der Waals surface area contributed by atoms with E-state index in [-0.39, 0.29) is 10.8 Å². The van der Waals surface area contributed by atoms with Gasteiger partial charge in [0.25, 0.3) is 0 Å². The van der Waals surface area contributed by atoms with Crippen LogP contribution in [-0.2, 0) is 0 Å². The molecule has 0 aliphatic carbocycles. The van der Waals surface area contributed by atoms with E-state index in [1.807, 2.05) is 36.4 Å². The topological polar surface area (TPSA) is 20.2 Å². The van der Waals surface area contributed by atoms with Crippen molar-refractivity contribution in [1.29, 1.82) is 0 Å². The summed E-state index contributed by atoms with van der Waals surface area (Å²) in [7, 11) is 0. The Balaban J connectivity index is 0.000000291. The minimum absolute atomic E-state index is 0.0931. The van der Waals surface area contributed by atoms with Gasteiger partial charge in [-0.1, -0.05) is 121 Å². The van der Waals surface area contributed by atoms with Crippen molar-refractivity contribution in [3.8, 4) is 0 Å². The second kappa shape index (κ2) is 11.3. The van der Waals surface area contributed by atoms with E-state index in [4.69, 9.17) is 23.2 Å². The monoisotopic (exact) mass is 562 g/mol. The van der Waals surface area contributed by atoms with Crippen molar-refractivity contribution in [1.82, 2.24) is 0 Å². The number of hydrogen-bond acceptors (Lipinski definition) is 1. The fraction of sp³-hybridized carbons (Fsp3) is 0.417. The van der Waals surface area contributed by atoms with Crippen molar-refractivity contribution in [2.75, 3.05) is 0 Å². The SMILES string of the molecule is CC(C)(C)/C=C/c1ccc(Br)cc1Cl.CC(C)(C)CC(O)c1ccc(Br)cc1Cl. The highest BCUT2D eigenvalue weighted by Gasteiger charge is 2.19. The average Bonchev–Trinajstić information content (AvgIpc) is 2.52. The highest BCUT2D eigenvalue weighted by atomic mass is 79.9. The lowest BCUT2D eigenvalue weighted by molar-refractivity contribution is 0.122. The molecule has 0 aromatic heterocycles. The Morgan fingerprint density at radius 2 is 1.41 bits per heavy atom. The molecule has 0 saturated heterocycles. The van der Waals surface area contributed by atoms with E-state index in [9.17, 15) is 5.11 Å². The van der Waals surface area contributed by atoms with E-state index >= 15 is 0 Å². The van der Waals surface area contributed by atoms with Gasteiger partial charge in [0.15, 0.2) is 0 Å². The fourth-order valence-corrected chi connectivity index (χ4v) is 3.97. The Morgan fingerprint density at radius 1 is 0.897 bits per heavy atom. The Hall–Kier alpha value is -0.320. The number of halogens is 4. The molecule has 1 unspecified atom stereocenters. The van der Waals surface area contributed by atoms with Gasteiger partial charge in [0.2, 0.25) is 0 Å². The summed E-state index contributed by atoms with van der Waals surface area (Å²) in [4.78, 5) is 0. The van der Waals surface area contributed by atoms with Gasteiger partial charge >= 0.3 is 0 Å². The summed E-state index contributed by atoms with van der Waals surface area (Å²) in [6, 6.07) is 11.5. The molecule has 1 N–H and O–H groups in total. The van der Waals surface area contributed by atoms with E-state index < -0.39 is 6.10 Å². The number of allylic oxidation sites excluding steroid dienone is 1. The zero-order valence-corrected chi connectivity index (χ0v) is 22.5. The van der Waals surface area contributed by atoms with Gasteiger partial charge in [0.05, 0.1) is 6.10 Å². The molecule has 2 aromatic rings. The summed E-state index contributed by atoms with van der Waals surface area (Å²) in [5, 5.41) is 11.4. The van der Waals surface area contributed by atoms with Crippen LogP contribution in [0.15, 0.2) is 51.4 Å². The predicted molar refractivity (Wildman–Crippen MR) is 136 cm³/mol. The minimum atomic E-state index is -0.495. The number of benzene rings is 2. The standard InChI is InChI=1S/C12H16BrClO.C12H14BrCl/c1-12(2,3)7-11(15)9-5-4-8(13)6-10(9)14;1-12(2,3)7-6-9-4-5-10(13)8-11(9)14/h4-6,11,15H,7H2,1-3H3;4-8H,1-3H3/b;7-6+. The predicted octanol–water partition coefficient (Wildman–Crippen LogP) is 9.73. The molecule has 0 radical (unpaired) electrons. The van der Waals surface area contributed by atoms with E-state index in [1.165, 1.54) is 0 Å². The van der Waals surface area contributed by atoms with Crippen LogP contribution in [0.1, 0.15) is 65.2 Å². The van der Waals surface area contributed by atoms with Crippen LogP contribution in [0.4, 0.5) is 0 Å². The van der Waals surface area contributed by atoms with E-state index in [0.717, 1.165) is 25.1 Å². The third-order valence-corrected chi connectivity index (χ3v) is 5.49. The van der Waals surface area contributed by atoms with E-state index in [2.05, 4.69) is 85.6 Å². The van der Waals surface area contributed by atoms with Gasteiger partial charge < -0.3 is 5.11 Å². The molecule has 2 aromatic carbocycles. The Labute approximate surface area is 202 Å². The van der Waals surface area contributed by atoms with Gasteiger partial charge in [-0.3, -0.25) is 0 Å². The summed E-state index contributed by atoms with van der Waals surface area (Å²) in [5.41, 5.74) is 2.14. The first-order valence-corrected chi connectivity index (χ1v) is 11.8. The maximum Gasteiger partial charge on any atom is 0.0809 e. The van der Waals surface area contributed by atoms with Crippen LogP contribution in [0.5, 0.6) is 0 Å². The molecule has 160 valence electrons. The lowest BCUT2D eigenvalue weighted by atomic mass is 9.87. The second-order valence-corrected chi connectivity index (χ2v) is 12.0. The van der Waals surface area contributed by atoms with Crippen molar-refractivity contribution >= 4 is 61.1 Å². The van der Waals surface area contributed by atoms with E-state index in [0.29, 0.717) is 11.4 Å². The molecule has 0 amide bonds. The molecular weight excluding hydrogens is 535 g/mol. The average molecular weight is 565 g/mol. The quantitative estimate of drug-likeness (QED) is 0.393. The van der Waals surface area contributed by atoms with Crippen LogP contribution in [0.25, 0.3) is 6.08 Å². The van der Waals surface area contributed by atoms with Gasteiger partial charge in [-0.05, 0) is 52.6 Å². The number of aliphatic hydroxyl groups is 1. The summed E-state index contributed by atoms with van der Waals surface area (Å²) in [6.45, 7) is 12.8. The van der Waals surface area contributed by atoms with Crippen molar-refractivity contribution in [3.63, 3.8) is 0 Å². The van der Waals surface area contributed by atoms with Gasteiger partial charge in [0.1, 0.15) is 0 Å². The Kier molecular flexibility index (Phi) is 10.4. The number of aliphatic hydroxyl groups excluding tert-OH is 1. The van der Waals surface area contributed by atoms with Gasteiger partial charge in [0, 0.05) is 19.0 Å². The van der Waals surface area contributed by atoms with Crippen molar-refractivity contribution < 1.29 is 5.11 Å². The van der Waals surface area contributed by atoms with Crippen LogP contribution in [0, 0.1) is 10.8 Å². The van der Waals surface area contributed by atoms with Gasteiger partial charge in [-0.25, -0.2) is 0 Å². The summed E-state index contributed by atoms with van der Waals surface area (Å²) < 4.78 is 1.94.